The highest BCUT2D eigenvalue weighted by molar-refractivity contribution is 6.34. The van der Waals surface area contributed by atoms with Gasteiger partial charge in [-0.15, -0.1) is 0 Å². The maximum Gasteiger partial charge on any atom is 0.416 e. The Morgan fingerprint density at radius 2 is 1.78 bits per heavy atom. The Labute approximate surface area is 159 Å². The summed E-state index contributed by atoms with van der Waals surface area (Å²) in [5, 5.41) is 2.60. The van der Waals surface area contributed by atoms with Crippen LogP contribution in [0.5, 0.6) is 0 Å². The summed E-state index contributed by atoms with van der Waals surface area (Å²) in [4.78, 5) is 25.2. The molecule has 0 fully saturated rings. The van der Waals surface area contributed by atoms with Crippen LogP contribution in [0.2, 0.25) is 5.02 Å². The number of nitrogens with zero attached hydrogens (tertiary/aromatic N) is 1. The molecule has 0 aliphatic heterocycles. The van der Waals surface area contributed by atoms with Crippen LogP contribution in [0.1, 0.15) is 23.6 Å². The zero-order valence-corrected chi connectivity index (χ0v) is 15.7. The number of halogens is 4. The minimum Gasteiger partial charge on any atom is -0.324 e. The molecule has 0 radical (unpaired) electrons. The van der Waals surface area contributed by atoms with E-state index in [2.05, 4.69) is 5.32 Å². The maximum atomic E-state index is 13.0. The largest absolute Gasteiger partial charge is 0.416 e. The number of nitrogens with one attached hydrogen (secondary N) is 1. The van der Waals surface area contributed by atoms with Crippen molar-refractivity contribution in [3.63, 3.8) is 0 Å². The van der Waals surface area contributed by atoms with Gasteiger partial charge in [-0.1, -0.05) is 29.3 Å². The van der Waals surface area contributed by atoms with Gasteiger partial charge in [0.1, 0.15) is 6.54 Å². The number of hydrogen-bond acceptors (Lipinski definition) is 2. The molecular weight excluding hydrogens is 381 g/mol. The minimum atomic E-state index is -4.59. The van der Waals surface area contributed by atoms with Gasteiger partial charge in [0.05, 0.1) is 16.3 Å². The third-order valence-corrected chi connectivity index (χ3v) is 4.22. The molecule has 0 aromatic heterocycles. The van der Waals surface area contributed by atoms with E-state index in [0.29, 0.717) is 5.69 Å². The van der Waals surface area contributed by atoms with Crippen molar-refractivity contribution in [1.29, 1.82) is 0 Å². The SMILES string of the molecule is CC(=O)N(CC(=O)Nc1ccc(C)cc1C)c1cc(C(F)(F)F)ccc1Cl. The van der Waals surface area contributed by atoms with E-state index in [1.54, 1.807) is 6.07 Å². The standard InChI is InChI=1S/C19H18ClF3N2O2/c1-11-4-7-16(12(2)8-11)24-18(27)10-25(13(3)26)17-9-14(19(21,22)23)5-6-15(17)20/h4-9H,10H2,1-3H3,(H,24,27). The average molecular weight is 399 g/mol. The Morgan fingerprint density at radius 3 is 2.33 bits per heavy atom. The van der Waals surface area contributed by atoms with Crippen LogP contribution in [-0.2, 0) is 15.8 Å². The summed E-state index contributed by atoms with van der Waals surface area (Å²) >= 11 is 5.98. The summed E-state index contributed by atoms with van der Waals surface area (Å²) in [5.41, 5.74) is 1.28. The van der Waals surface area contributed by atoms with Crippen molar-refractivity contribution in [2.45, 2.75) is 26.9 Å². The second kappa shape index (κ2) is 8.00. The van der Waals surface area contributed by atoms with Crippen LogP contribution in [0.3, 0.4) is 0 Å². The summed E-state index contributed by atoms with van der Waals surface area (Å²) in [5.74, 6) is -1.15. The van der Waals surface area contributed by atoms with Crippen LogP contribution in [0, 0.1) is 13.8 Å². The van der Waals surface area contributed by atoms with Crippen molar-refractivity contribution in [2.75, 3.05) is 16.8 Å². The summed E-state index contributed by atoms with van der Waals surface area (Å²) in [6.07, 6.45) is -4.59. The van der Waals surface area contributed by atoms with Gasteiger partial charge in [-0.25, -0.2) is 0 Å². The predicted octanol–water partition coefficient (Wildman–Crippen LogP) is 4.97. The molecule has 0 spiro atoms. The zero-order valence-electron chi connectivity index (χ0n) is 14.9. The lowest BCUT2D eigenvalue weighted by Crippen LogP contribution is -2.37. The van der Waals surface area contributed by atoms with Crippen LogP contribution in [-0.4, -0.2) is 18.4 Å². The first-order valence-electron chi connectivity index (χ1n) is 8.01. The third-order valence-electron chi connectivity index (χ3n) is 3.90. The lowest BCUT2D eigenvalue weighted by atomic mass is 10.1. The first-order chi connectivity index (χ1) is 12.5. The Morgan fingerprint density at radius 1 is 1.11 bits per heavy atom. The van der Waals surface area contributed by atoms with Gasteiger partial charge in [-0.2, -0.15) is 13.2 Å². The highest BCUT2D eigenvalue weighted by atomic mass is 35.5. The molecule has 2 rings (SSSR count). The summed E-state index contributed by atoms with van der Waals surface area (Å²) < 4.78 is 38.9. The number of benzene rings is 2. The van der Waals surface area contributed by atoms with E-state index in [1.165, 1.54) is 0 Å². The minimum absolute atomic E-state index is 0.0579. The van der Waals surface area contributed by atoms with Crippen molar-refractivity contribution in [1.82, 2.24) is 0 Å². The first-order valence-corrected chi connectivity index (χ1v) is 8.39. The van der Waals surface area contributed by atoms with Gasteiger partial charge in [0.2, 0.25) is 11.8 Å². The van der Waals surface area contributed by atoms with Crippen molar-refractivity contribution < 1.29 is 22.8 Å². The van der Waals surface area contributed by atoms with E-state index in [-0.39, 0.29) is 10.7 Å². The highest BCUT2D eigenvalue weighted by Crippen LogP contribution is 2.35. The molecule has 1 N–H and O–H groups in total. The van der Waals surface area contributed by atoms with E-state index < -0.39 is 30.1 Å². The molecule has 0 saturated carbocycles. The van der Waals surface area contributed by atoms with Gasteiger partial charge >= 0.3 is 6.18 Å². The van der Waals surface area contributed by atoms with Crippen LogP contribution < -0.4 is 10.2 Å². The maximum absolute atomic E-state index is 13.0. The number of carbonyl (C=O) groups is 2. The Hall–Kier alpha value is -2.54. The molecule has 2 aromatic rings. The molecular formula is C19H18ClF3N2O2. The fraction of sp³-hybridized carbons (Fsp3) is 0.263. The molecule has 0 atom stereocenters. The van der Waals surface area contributed by atoms with Gasteiger partial charge in [0, 0.05) is 12.6 Å². The number of alkyl halides is 3. The summed E-state index contributed by atoms with van der Waals surface area (Å²) in [6.45, 7) is 4.41. The number of carbonyl (C=O) groups excluding carboxylic acids is 2. The van der Waals surface area contributed by atoms with E-state index in [0.717, 1.165) is 41.1 Å². The second-order valence-corrected chi connectivity index (χ2v) is 6.54. The molecule has 0 bridgehead atoms. The number of anilines is 2. The molecule has 0 unspecified atom stereocenters. The lowest BCUT2D eigenvalue weighted by molar-refractivity contribution is -0.137. The summed E-state index contributed by atoms with van der Waals surface area (Å²) in [6, 6.07) is 8.04. The molecule has 2 aromatic carbocycles. The monoisotopic (exact) mass is 398 g/mol. The van der Waals surface area contributed by atoms with Crippen LogP contribution in [0.25, 0.3) is 0 Å². The molecule has 0 saturated heterocycles. The normalized spacial score (nSPS) is 11.2. The number of rotatable bonds is 4. The van der Waals surface area contributed by atoms with E-state index in [4.69, 9.17) is 11.6 Å². The fourth-order valence-corrected chi connectivity index (χ4v) is 2.77. The van der Waals surface area contributed by atoms with Gasteiger partial charge in [-0.05, 0) is 43.7 Å². The van der Waals surface area contributed by atoms with Crippen molar-refractivity contribution in [3.8, 4) is 0 Å². The van der Waals surface area contributed by atoms with Crippen LogP contribution in [0.4, 0.5) is 24.5 Å². The Bertz CT molecular complexity index is 882. The van der Waals surface area contributed by atoms with Crippen LogP contribution in [0.15, 0.2) is 36.4 Å². The lowest BCUT2D eigenvalue weighted by Gasteiger charge is -2.23. The fourth-order valence-electron chi connectivity index (χ4n) is 2.55. The molecule has 2 amide bonds. The Kier molecular flexibility index (Phi) is 6.15. The molecule has 27 heavy (non-hydrogen) atoms. The smallest absolute Gasteiger partial charge is 0.324 e. The number of amides is 2. The van der Waals surface area contributed by atoms with Crippen molar-refractivity contribution in [2.24, 2.45) is 0 Å². The topological polar surface area (TPSA) is 49.4 Å². The summed E-state index contributed by atoms with van der Waals surface area (Å²) in [7, 11) is 0. The second-order valence-electron chi connectivity index (χ2n) is 6.14. The Balaban J connectivity index is 2.28. The van der Waals surface area contributed by atoms with E-state index >= 15 is 0 Å². The van der Waals surface area contributed by atoms with E-state index in [9.17, 15) is 22.8 Å². The van der Waals surface area contributed by atoms with Gasteiger partial charge < -0.3 is 10.2 Å². The number of aryl methyl sites for hydroxylation is 2. The van der Waals surface area contributed by atoms with Crippen molar-refractivity contribution >= 4 is 34.8 Å². The molecule has 144 valence electrons. The first kappa shape index (κ1) is 20.8. The highest BCUT2D eigenvalue weighted by Gasteiger charge is 2.32. The van der Waals surface area contributed by atoms with Gasteiger partial charge in [-0.3, -0.25) is 9.59 Å². The van der Waals surface area contributed by atoms with Gasteiger partial charge in [0.15, 0.2) is 0 Å². The third kappa shape index (κ3) is 5.23. The predicted molar refractivity (Wildman–Crippen MR) is 99.0 cm³/mol. The molecule has 0 aliphatic carbocycles. The number of hydrogen-bond donors (Lipinski definition) is 1. The molecule has 0 aliphatic rings. The van der Waals surface area contributed by atoms with E-state index in [1.807, 2.05) is 26.0 Å². The molecule has 0 heterocycles. The molecule has 8 heteroatoms. The molecule has 4 nitrogen and oxygen atoms in total. The van der Waals surface area contributed by atoms with Crippen molar-refractivity contribution in [3.05, 3.63) is 58.1 Å². The van der Waals surface area contributed by atoms with Gasteiger partial charge in [0.25, 0.3) is 0 Å². The van der Waals surface area contributed by atoms with Crippen LogP contribution >= 0.6 is 11.6 Å². The average Bonchev–Trinajstić information content (AvgIpc) is 2.54. The quantitative estimate of drug-likeness (QED) is 0.790. The zero-order chi connectivity index (χ0) is 20.4.